The Labute approximate surface area is 155 Å². The van der Waals surface area contributed by atoms with E-state index in [0.717, 1.165) is 30.5 Å². The van der Waals surface area contributed by atoms with Crippen molar-refractivity contribution < 1.29 is 9.53 Å². The van der Waals surface area contributed by atoms with Crippen molar-refractivity contribution in [1.82, 2.24) is 0 Å². The molecule has 3 heteroatoms. The van der Waals surface area contributed by atoms with Crippen molar-refractivity contribution in [3.8, 4) is 23.7 Å². The number of benzene rings is 2. The van der Waals surface area contributed by atoms with Gasteiger partial charge in [0.05, 0.1) is 6.61 Å². The van der Waals surface area contributed by atoms with Crippen LogP contribution in [0.5, 0.6) is 0 Å². The second-order valence-corrected chi connectivity index (χ2v) is 5.41. The van der Waals surface area contributed by atoms with E-state index in [-0.39, 0.29) is 0 Å². The molecule has 26 heavy (non-hydrogen) atoms. The second-order valence-electron chi connectivity index (χ2n) is 5.41. The van der Waals surface area contributed by atoms with E-state index in [4.69, 9.17) is 4.74 Å². The number of para-hydroxylation sites is 1. The Bertz CT molecular complexity index is 818. The van der Waals surface area contributed by atoms with E-state index in [1.807, 2.05) is 72.8 Å². The van der Waals surface area contributed by atoms with E-state index < -0.39 is 6.09 Å². The van der Waals surface area contributed by atoms with Crippen molar-refractivity contribution in [2.45, 2.75) is 19.3 Å². The molecule has 0 fully saturated rings. The summed E-state index contributed by atoms with van der Waals surface area (Å²) >= 11 is 0. The first kappa shape index (κ1) is 18.9. The molecule has 2 aromatic rings. The van der Waals surface area contributed by atoms with Gasteiger partial charge in [-0.1, -0.05) is 54.3 Å². The largest absolute Gasteiger partial charge is 0.449 e. The van der Waals surface area contributed by atoms with Crippen molar-refractivity contribution >= 4 is 11.8 Å². The van der Waals surface area contributed by atoms with Crippen LogP contribution in [0.4, 0.5) is 10.5 Å². The first-order chi connectivity index (χ1) is 12.8. The first-order valence-electron chi connectivity index (χ1n) is 8.55. The zero-order valence-corrected chi connectivity index (χ0v) is 14.6. The van der Waals surface area contributed by atoms with Crippen molar-refractivity contribution in [2.75, 3.05) is 11.9 Å². The Hall–Kier alpha value is -3.43. The fourth-order valence-corrected chi connectivity index (χ4v) is 2.05. The molecule has 0 unspecified atom stereocenters. The maximum absolute atomic E-state index is 11.6. The molecule has 0 aliphatic heterocycles. The van der Waals surface area contributed by atoms with Crippen molar-refractivity contribution in [3.63, 3.8) is 0 Å². The monoisotopic (exact) mass is 343 g/mol. The molecule has 1 N–H and O–H groups in total. The van der Waals surface area contributed by atoms with E-state index in [1.54, 1.807) is 0 Å². The molecule has 130 valence electrons. The lowest BCUT2D eigenvalue weighted by atomic mass is 10.2. The number of carbonyl (C=O) groups is 1. The number of unbranched alkanes of at least 4 members (excludes halogenated alkanes) is 2. The minimum absolute atomic E-state index is 0.404. The number of nitrogens with one attached hydrogen (secondary N) is 1. The lowest BCUT2D eigenvalue weighted by Crippen LogP contribution is -2.14. The standard InChI is InChI=1S/C23H21NO2/c25-23(24-22-18-12-8-13-19-22)26-20-14-6-4-2-1-3-5-9-15-21-16-10-7-11-17-21/h1-2,7-8,10-13,16-19H,4,6,14,20H2,(H,24,25)/b2-1+. The van der Waals surface area contributed by atoms with Gasteiger partial charge in [0, 0.05) is 11.3 Å². The van der Waals surface area contributed by atoms with Crippen molar-refractivity contribution in [3.05, 3.63) is 78.4 Å². The number of allylic oxidation sites excluding steroid dienone is 2. The fraction of sp³-hybridized carbons (Fsp3) is 0.174. The predicted molar refractivity (Wildman–Crippen MR) is 105 cm³/mol. The molecule has 0 aliphatic rings. The van der Waals surface area contributed by atoms with E-state index >= 15 is 0 Å². The number of amides is 1. The Morgan fingerprint density at radius 1 is 0.962 bits per heavy atom. The van der Waals surface area contributed by atoms with Gasteiger partial charge in [0.15, 0.2) is 0 Å². The van der Waals surface area contributed by atoms with Crippen LogP contribution in [0.25, 0.3) is 0 Å². The van der Waals surface area contributed by atoms with Crippen LogP contribution in [0.15, 0.2) is 72.8 Å². The van der Waals surface area contributed by atoms with Crippen LogP contribution < -0.4 is 5.32 Å². The van der Waals surface area contributed by atoms with Crippen LogP contribution in [0.3, 0.4) is 0 Å². The van der Waals surface area contributed by atoms with Crippen molar-refractivity contribution in [1.29, 1.82) is 0 Å². The molecule has 0 heterocycles. The summed E-state index contributed by atoms with van der Waals surface area (Å²) in [4.78, 5) is 11.6. The predicted octanol–water partition coefficient (Wildman–Crippen LogP) is 5.02. The SMILES string of the molecule is O=C(Nc1ccccc1)OCCCC/C=C/C#CC#Cc1ccccc1. The molecule has 0 atom stereocenters. The number of rotatable bonds is 6. The molecular weight excluding hydrogens is 322 g/mol. The highest BCUT2D eigenvalue weighted by atomic mass is 16.5. The van der Waals surface area contributed by atoms with E-state index in [9.17, 15) is 4.79 Å². The Morgan fingerprint density at radius 2 is 1.69 bits per heavy atom. The summed E-state index contributed by atoms with van der Waals surface area (Å²) in [6.45, 7) is 0.404. The molecule has 0 saturated heterocycles. The zero-order valence-electron chi connectivity index (χ0n) is 14.6. The van der Waals surface area contributed by atoms with Gasteiger partial charge in [-0.3, -0.25) is 5.32 Å². The molecule has 0 radical (unpaired) electrons. The van der Waals surface area contributed by atoms with E-state index in [2.05, 4.69) is 29.0 Å². The van der Waals surface area contributed by atoms with Gasteiger partial charge in [-0.2, -0.15) is 0 Å². The number of hydrogen-bond donors (Lipinski definition) is 1. The van der Waals surface area contributed by atoms with E-state index in [1.165, 1.54) is 0 Å². The fourth-order valence-electron chi connectivity index (χ4n) is 2.05. The Balaban J connectivity index is 1.53. The van der Waals surface area contributed by atoms with Crippen molar-refractivity contribution in [2.24, 2.45) is 0 Å². The highest BCUT2D eigenvalue weighted by Crippen LogP contribution is 2.05. The third kappa shape index (κ3) is 8.43. The van der Waals surface area contributed by atoms with Crippen LogP contribution in [-0.4, -0.2) is 12.7 Å². The minimum Gasteiger partial charge on any atom is -0.449 e. The quantitative estimate of drug-likeness (QED) is 0.591. The maximum atomic E-state index is 11.6. The number of anilines is 1. The van der Waals surface area contributed by atoms with Gasteiger partial charge in [0.25, 0.3) is 0 Å². The number of carbonyl (C=O) groups excluding carboxylic acids is 1. The molecule has 0 saturated carbocycles. The molecule has 1 amide bonds. The third-order valence-electron chi connectivity index (χ3n) is 3.33. The molecule has 0 aromatic heterocycles. The topological polar surface area (TPSA) is 38.3 Å². The highest BCUT2D eigenvalue weighted by Gasteiger charge is 2.01. The van der Waals surface area contributed by atoms with Gasteiger partial charge in [-0.15, -0.1) is 0 Å². The molecular formula is C23H21NO2. The van der Waals surface area contributed by atoms with Gasteiger partial charge >= 0.3 is 6.09 Å². The highest BCUT2D eigenvalue weighted by molar-refractivity contribution is 5.84. The molecule has 0 aliphatic carbocycles. The summed E-state index contributed by atoms with van der Waals surface area (Å²) in [5.41, 5.74) is 1.69. The Kier molecular flexibility index (Phi) is 8.73. The van der Waals surface area contributed by atoms with Crippen LogP contribution in [0.1, 0.15) is 24.8 Å². The lowest BCUT2D eigenvalue weighted by Gasteiger charge is -2.06. The first-order valence-corrected chi connectivity index (χ1v) is 8.55. The van der Waals surface area contributed by atoms with Gasteiger partial charge in [-0.25, -0.2) is 4.79 Å². The second kappa shape index (κ2) is 12.0. The summed E-state index contributed by atoms with van der Waals surface area (Å²) in [6.07, 6.45) is 6.03. The average Bonchev–Trinajstić information content (AvgIpc) is 2.67. The lowest BCUT2D eigenvalue weighted by molar-refractivity contribution is 0.159. The summed E-state index contributed by atoms with van der Waals surface area (Å²) < 4.78 is 5.13. The van der Waals surface area contributed by atoms with Crippen LogP contribution in [-0.2, 0) is 4.74 Å². The summed E-state index contributed by atoms with van der Waals surface area (Å²) in [5.74, 6) is 11.5. The Morgan fingerprint density at radius 3 is 2.46 bits per heavy atom. The number of hydrogen-bond acceptors (Lipinski definition) is 2. The van der Waals surface area contributed by atoms with Gasteiger partial charge in [-0.05, 0) is 61.4 Å². The molecule has 0 bridgehead atoms. The molecule has 2 aromatic carbocycles. The zero-order chi connectivity index (χ0) is 18.3. The smallest absolute Gasteiger partial charge is 0.411 e. The van der Waals surface area contributed by atoms with Crippen LogP contribution in [0, 0.1) is 23.7 Å². The third-order valence-corrected chi connectivity index (χ3v) is 3.33. The average molecular weight is 343 g/mol. The molecule has 3 nitrogen and oxygen atoms in total. The molecule has 0 spiro atoms. The van der Waals surface area contributed by atoms with Gasteiger partial charge in [0.2, 0.25) is 0 Å². The van der Waals surface area contributed by atoms with E-state index in [0.29, 0.717) is 6.61 Å². The maximum Gasteiger partial charge on any atom is 0.411 e. The molecule has 2 rings (SSSR count). The summed E-state index contributed by atoms with van der Waals surface area (Å²) in [5, 5.41) is 2.68. The van der Waals surface area contributed by atoms with Gasteiger partial charge < -0.3 is 4.74 Å². The minimum atomic E-state index is -0.422. The number of ether oxygens (including phenoxy) is 1. The summed E-state index contributed by atoms with van der Waals surface area (Å²) in [6, 6.07) is 19.0. The van der Waals surface area contributed by atoms with Crippen LogP contribution in [0.2, 0.25) is 0 Å². The summed E-state index contributed by atoms with van der Waals surface area (Å²) in [7, 11) is 0. The van der Waals surface area contributed by atoms with Crippen LogP contribution >= 0.6 is 0 Å². The normalized spacial score (nSPS) is 9.54. The van der Waals surface area contributed by atoms with Gasteiger partial charge in [0.1, 0.15) is 0 Å².